The highest BCUT2D eigenvalue weighted by Crippen LogP contribution is 2.27. The number of hydrogen-bond donors (Lipinski definition) is 2. The number of amides is 1. The molecule has 30 heavy (non-hydrogen) atoms. The van der Waals surface area contributed by atoms with Gasteiger partial charge in [0.15, 0.2) is 0 Å². The Hall–Kier alpha value is -3.64. The summed E-state index contributed by atoms with van der Waals surface area (Å²) in [6.45, 7) is 0.410. The molecule has 0 saturated heterocycles. The second kappa shape index (κ2) is 8.39. The van der Waals surface area contributed by atoms with Crippen LogP contribution in [0.1, 0.15) is 16.8 Å². The number of benzene rings is 3. The number of aromatic carboxylic acids is 1. The van der Waals surface area contributed by atoms with Gasteiger partial charge in [0.25, 0.3) is 0 Å². The third-order valence-corrected chi connectivity index (χ3v) is 4.96. The summed E-state index contributed by atoms with van der Waals surface area (Å²) in [6, 6.07) is 21.2. The van der Waals surface area contributed by atoms with E-state index in [4.69, 9.17) is 16.7 Å². The number of carboxylic acid groups (broad SMARTS) is 1. The Balaban J connectivity index is 1.64. The van der Waals surface area contributed by atoms with E-state index < -0.39 is 5.97 Å². The van der Waals surface area contributed by atoms with Gasteiger partial charge in [0.2, 0.25) is 5.91 Å². The van der Waals surface area contributed by atoms with E-state index in [1.165, 1.54) is 12.1 Å². The first-order valence-electron chi connectivity index (χ1n) is 9.36. The average Bonchev–Trinajstić information content (AvgIpc) is 3.10. The fourth-order valence-corrected chi connectivity index (χ4v) is 3.44. The summed E-state index contributed by atoms with van der Waals surface area (Å²) < 4.78 is 1.95. The molecule has 0 bridgehead atoms. The van der Waals surface area contributed by atoms with E-state index in [-0.39, 0.29) is 17.9 Å². The number of hydrogen-bond acceptors (Lipinski definition) is 3. The van der Waals surface area contributed by atoms with Gasteiger partial charge >= 0.3 is 5.97 Å². The Labute approximate surface area is 177 Å². The number of para-hydroxylation sites is 1. The number of anilines is 1. The van der Waals surface area contributed by atoms with Crippen LogP contribution >= 0.6 is 11.6 Å². The van der Waals surface area contributed by atoms with Crippen molar-refractivity contribution in [2.45, 2.75) is 13.0 Å². The van der Waals surface area contributed by atoms with Crippen LogP contribution in [-0.2, 0) is 11.3 Å². The lowest BCUT2D eigenvalue weighted by atomic mass is 10.1. The molecule has 1 aromatic heterocycles. The molecule has 150 valence electrons. The number of rotatable bonds is 6. The van der Waals surface area contributed by atoms with Crippen LogP contribution in [0.3, 0.4) is 0 Å². The van der Waals surface area contributed by atoms with Gasteiger partial charge in [-0.25, -0.2) is 9.78 Å². The van der Waals surface area contributed by atoms with Crippen molar-refractivity contribution in [3.63, 3.8) is 0 Å². The number of halogens is 1. The molecule has 0 spiro atoms. The Bertz CT molecular complexity index is 1220. The highest BCUT2D eigenvalue weighted by molar-refractivity contribution is 6.31. The first kappa shape index (κ1) is 19.7. The Morgan fingerprint density at radius 2 is 1.73 bits per heavy atom. The van der Waals surface area contributed by atoms with Crippen LogP contribution in [0.15, 0.2) is 72.8 Å². The molecule has 2 N–H and O–H groups in total. The molecule has 0 aliphatic carbocycles. The van der Waals surface area contributed by atoms with E-state index in [9.17, 15) is 9.59 Å². The van der Waals surface area contributed by atoms with Crippen molar-refractivity contribution in [2.24, 2.45) is 0 Å². The Morgan fingerprint density at radius 3 is 2.43 bits per heavy atom. The summed E-state index contributed by atoms with van der Waals surface area (Å²) in [4.78, 5) is 28.3. The number of aryl methyl sites for hydroxylation is 1. The highest BCUT2D eigenvalue weighted by atomic mass is 35.5. The van der Waals surface area contributed by atoms with E-state index in [0.717, 1.165) is 16.8 Å². The van der Waals surface area contributed by atoms with Gasteiger partial charge in [0.1, 0.15) is 5.82 Å². The quantitative estimate of drug-likeness (QED) is 0.456. The predicted octanol–water partition coefficient (Wildman–Crippen LogP) is 5.08. The van der Waals surface area contributed by atoms with Crippen molar-refractivity contribution < 1.29 is 14.7 Å². The molecular weight excluding hydrogens is 402 g/mol. The lowest BCUT2D eigenvalue weighted by Crippen LogP contribution is -2.15. The van der Waals surface area contributed by atoms with Gasteiger partial charge in [0.05, 0.1) is 16.6 Å². The first-order valence-corrected chi connectivity index (χ1v) is 9.73. The molecule has 7 heteroatoms. The van der Waals surface area contributed by atoms with Gasteiger partial charge < -0.3 is 15.0 Å². The predicted molar refractivity (Wildman–Crippen MR) is 117 cm³/mol. The van der Waals surface area contributed by atoms with Crippen LogP contribution in [0.4, 0.5) is 5.69 Å². The van der Waals surface area contributed by atoms with Gasteiger partial charge in [-0.05, 0) is 42.5 Å². The van der Waals surface area contributed by atoms with Crippen LogP contribution in [0.5, 0.6) is 0 Å². The van der Waals surface area contributed by atoms with Crippen LogP contribution in [0, 0.1) is 0 Å². The Kier molecular flexibility index (Phi) is 5.50. The zero-order valence-electron chi connectivity index (χ0n) is 15.9. The molecule has 4 rings (SSSR count). The summed E-state index contributed by atoms with van der Waals surface area (Å²) in [5.41, 5.74) is 3.27. The fourth-order valence-electron chi connectivity index (χ4n) is 3.27. The minimum atomic E-state index is -0.987. The summed E-state index contributed by atoms with van der Waals surface area (Å²) in [7, 11) is 0. The molecule has 4 aromatic rings. The van der Waals surface area contributed by atoms with E-state index in [1.54, 1.807) is 24.3 Å². The summed E-state index contributed by atoms with van der Waals surface area (Å²) in [5, 5.41) is 12.6. The Morgan fingerprint density at radius 1 is 1.00 bits per heavy atom. The summed E-state index contributed by atoms with van der Waals surface area (Å²) in [6.07, 6.45) is 0.253. The molecule has 0 aliphatic heterocycles. The van der Waals surface area contributed by atoms with Crippen LogP contribution in [-0.4, -0.2) is 26.5 Å². The normalized spacial score (nSPS) is 10.8. The third kappa shape index (κ3) is 4.18. The minimum absolute atomic E-state index is 0.107. The zero-order chi connectivity index (χ0) is 21.1. The van der Waals surface area contributed by atoms with Crippen molar-refractivity contribution in [1.82, 2.24) is 9.55 Å². The van der Waals surface area contributed by atoms with E-state index >= 15 is 0 Å². The first-order chi connectivity index (χ1) is 14.5. The molecule has 0 aliphatic rings. The molecular formula is C23H18ClN3O3. The summed E-state index contributed by atoms with van der Waals surface area (Å²) in [5.74, 6) is -0.444. The summed E-state index contributed by atoms with van der Waals surface area (Å²) >= 11 is 6.12. The number of nitrogens with zero attached hydrogens (tertiary/aromatic N) is 2. The number of aromatic nitrogens is 2. The van der Waals surface area contributed by atoms with Crippen LogP contribution < -0.4 is 5.32 Å². The number of nitrogens with one attached hydrogen (secondary N) is 1. The van der Waals surface area contributed by atoms with E-state index in [0.29, 0.717) is 22.9 Å². The topological polar surface area (TPSA) is 84.2 Å². The number of carbonyl (C=O) groups excluding carboxylic acids is 1. The molecule has 0 unspecified atom stereocenters. The SMILES string of the molecule is O=C(CCn1c(-c2ccc(C(=O)O)cc2)nc2cc(Cl)ccc21)Nc1ccccc1. The van der Waals surface area contributed by atoms with Crippen LogP contribution in [0.25, 0.3) is 22.4 Å². The highest BCUT2D eigenvalue weighted by Gasteiger charge is 2.15. The molecule has 1 heterocycles. The lowest BCUT2D eigenvalue weighted by Gasteiger charge is -2.10. The molecule has 0 fully saturated rings. The second-order valence-electron chi connectivity index (χ2n) is 6.77. The van der Waals surface area contributed by atoms with Crippen molar-refractivity contribution in [2.75, 3.05) is 5.32 Å². The molecule has 0 radical (unpaired) electrons. The third-order valence-electron chi connectivity index (χ3n) is 4.72. The van der Waals surface area contributed by atoms with Crippen molar-refractivity contribution >= 4 is 40.2 Å². The maximum atomic E-state index is 12.4. The monoisotopic (exact) mass is 419 g/mol. The molecule has 3 aromatic carbocycles. The van der Waals surface area contributed by atoms with Gasteiger partial charge in [-0.2, -0.15) is 0 Å². The number of carbonyl (C=O) groups is 2. The number of fused-ring (bicyclic) bond motifs is 1. The van der Waals surface area contributed by atoms with E-state index in [1.807, 2.05) is 41.0 Å². The largest absolute Gasteiger partial charge is 0.478 e. The number of carboxylic acids is 1. The fraction of sp³-hybridized carbons (Fsp3) is 0.0870. The molecule has 1 amide bonds. The van der Waals surface area contributed by atoms with E-state index in [2.05, 4.69) is 10.3 Å². The maximum absolute atomic E-state index is 12.4. The molecule has 0 atom stereocenters. The van der Waals surface area contributed by atoms with Gasteiger partial charge in [0, 0.05) is 29.2 Å². The van der Waals surface area contributed by atoms with Crippen molar-refractivity contribution in [1.29, 1.82) is 0 Å². The average molecular weight is 420 g/mol. The van der Waals surface area contributed by atoms with Gasteiger partial charge in [-0.15, -0.1) is 0 Å². The molecule has 6 nitrogen and oxygen atoms in total. The van der Waals surface area contributed by atoms with Gasteiger partial charge in [-0.3, -0.25) is 4.79 Å². The van der Waals surface area contributed by atoms with Crippen molar-refractivity contribution in [3.05, 3.63) is 83.4 Å². The maximum Gasteiger partial charge on any atom is 0.335 e. The smallest absolute Gasteiger partial charge is 0.335 e. The zero-order valence-corrected chi connectivity index (χ0v) is 16.6. The molecule has 0 saturated carbocycles. The van der Waals surface area contributed by atoms with Crippen LogP contribution in [0.2, 0.25) is 5.02 Å². The lowest BCUT2D eigenvalue weighted by molar-refractivity contribution is -0.116. The van der Waals surface area contributed by atoms with Crippen molar-refractivity contribution in [3.8, 4) is 11.4 Å². The minimum Gasteiger partial charge on any atom is -0.478 e. The van der Waals surface area contributed by atoms with Gasteiger partial charge in [-0.1, -0.05) is 41.9 Å². The standard InChI is InChI=1S/C23H18ClN3O3/c24-17-10-11-20-19(14-17)26-22(15-6-8-16(9-7-15)23(29)30)27(20)13-12-21(28)25-18-4-2-1-3-5-18/h1-11,14H,12-13H2,(H,25,28)(H,29,30). The second-order valence-corrected chi connectivity index (χ2v) is 7.20. The number of imidazole rings is 1.